The Morgan fingerprint density at radius 3 is 2.50 bits per heavy atom. The van der Waals surface area contributed by atoms with Crippen molar-refractivity contribution in [3.05, 3.63) is 16.9 Å². The van der Waals surface area contributed by atoms with Crippen LogP contribution in [0, 0.1) is 6.92 Å². The smallest absolute Gasteiger partial charge is 0.259 e. The highest BCUT2D eigenvalue weighted by Crippen LogP contribution is 2.20. The van der Waals surface area contributed by atoms with Gasteiger partial charge in [-0.2, -0.15) is 18.3 Å². The van der Waals surface area contributed by atoms with E-state index in [1.54, 1.807) is 0 Å². The van der Waals surface area contributed by atoms with Crippen LogP contribution in [0.15, 0.2) is 6.20 Å². The zero-order valence-corrected chi connectivity index (χ0v) is 6.95. The van der Waals surface area contributed by atoms with E-state index in [4.69, 9.17) is 11.6 Å². The quantitative estimate of drug-likeness (QED) is 0.678. The largest absolute Gasteiger partial charge is 0.408 e. The molecule has 0 fully saturated rings. The summed E-state index contributed by atoms with van der Waals surface area (Å²) in [5.41, 5.74) is 0.328. The fourth-order valence-electron chi connectivity index (χ4n) is 0.753. The van der Waals surface area contributed by atoms with E-state index >= 15 is 0 Å². The number of hydrogen-bond acceptors (Lipinski definition) is 1. The summed E-state index contributed by atoms with van der Waals surface area (Å²) in [6, 6.07) is 0. The lowest BCUT2D eigenvalue weighted by atomic mass is 10.5. The van der Waals surface area contributed by atoms with Gasteiger partial charge in [0.15, 0.2) is 0 Å². The second-order valence-electron chi connectivity index (χ2n) is 2.35. The molecule has 1 aromatic heterocycles. The van der Waals surface area contributed by atoms with Crippen LogP contribution in [0.3, 0.4) is 0 Å². The van der Waals surface area contributed by atoms with Crippen LogP contribution in [0.4, 0.5) is 13.2 Å². The predicted molar refractivity (Wildman–Crippen MR) is 38.0 cm³/mol. The third kappa shape index (κ3) is 2.14. The first-order valence-electron chi connectivity index (χ1n) is 3.15. The van der Waals surface area contributed by atoms with Gasteiger partial charge in [-0.3, -0.25) is 4.68 Å². The molecule has 0 aliphatic heterocycles. The molecule has 0 saturated carbocycles. The third-order valence-electron chi connectivity index (χ3n) is 1.37. The summed E-state index contributed by atoms with van der Waals surface area (Å²) >= 11 is 5.51. The van der Waals surface area contributed by atoms with Crippen LogP contribution in [0.25, 0.3) is 0 Å². The number of alkyl halides is 3. The van der Waals surface area contributed by atoms with Crippen LogP contribution in [0.5, 0.6) is 0 Å². The minimum absolute atomic E-state index is 0.249. The van der Waals surface area contributed by atoms with Gasteiger partial charge in [0.25, 0.3) is 0 Å². The Kier molecular flexibility index (Phi) is 2.32. The van der Waals surface area contributed by atoms with Gasteiger partial charge in [-0.05, 0) is 6.92 Å². The highest BCUT2D eigenvalue weighted by atomic mass is 35.5. The second kappa shape index (κ2) is 2.97. The maximum atomic E-state index is 11.8. The summed E-state index contributed by atoms with van der Waals surface area (Å²) in [5, 5.41) is 3.71. The average Bonchev–Trinajstić information content (AvgIpc) is 2.16. The molecule has 1 aromatic rings. The van der Waals surface area contributed by atoms with Gasteiger partial charge in [0.05, 0.1) is 16.9 Å². The van der Waals surface area contributed by atoms with Gasteiger partial charge in [-0.25, -0.2) is 0 Å². The van der Waals surface area contributed by atoms with Crippen LogP contribution in [0.2, 0.25) is 5.02 Å². The second-order valence-corrected chi connectivity index (χ2v) is 2.76. The maximum absolute atomic E-state index is 11.8. The first kappa shape index (κ1) is 9.38. The molecular formula is C6H6ClF3N2. The molecule has 0 N–H and O–H groups in total. The Bertz CT molecular complexity index is 279. The average molecular weight is 199 g/mol. The van der Waals surface area contributed by atoms with Crippen LogP contribution in [0.1, 0.15) is 5.69 Å². The molecule has 0 aliphatic carbocycles. The van der Waals surface area contributed by atoms with Gasteiger partial charge in [-0.1, -0.05) is 11.6 Å². The lowest BCUT2D eigenvalue weighted by Gasteiger charge is -2.07. The molecule has 12 heavy (non-hydrogen) atoms. The molecule has 0 bridgehead atoms. The van der Waals surface area contributed by atoms with Crippen molar-refractivity contribution in [1.29, 1.82) is 0 Å². The van der Waals surface area contributed by atoms with Crippen LogP contribution in [-0.4, -0.2) is 16.0 Å². The molecule has 0 spiro atoms. The van der Waals surface area contributed by atoms with Crippen molar-refractivity contribution in [2.24, 2.45) is 0 Å². The molecule has 0 aromatic carbocycles. The van der Waals surface area contributed by atoms with Crippen molar-refractivity contribution in [1.82, 2.24) is 9.78 Å². The van der Waals surface area contributed by atoms with Crippen molar-refractivity contribution in [3.63, 3.8) is 0 Å². The Morgan fingerprint density at radius 2 is 2.17 bits per heavy atom. The zero-order valence-electron chi connectivity index (χ0n) is 6.19. The molecule has 68 valence electrons. The fourth-order valence-corrected chi connectivity index (χ4v) is 0.894. The summed E-state index contributed by atoms with van der Waals surface area (Å²) in [6.07, 6.45) is -3.05. The van der Waals surface area contributed by atoms with E-state index in [0.29, 0.717) is 5.69 Å². The zero-order chi connectivity index (χ0) is 9.35. The molecule has 1 rings (SSSR count). The van der Waals surface area contributed by atoms with E-state index < -0.39 is 12.7 Å². The van der Waals surface area contributed by atoms with E-state index in [-0.39, 0.29) is 5.02 Å². The number of halogens is 4. The summed E-state index contributed by atoms with van der Waals surface area (Å²) < 4.78 is 36.3. The van der Waals surface area contributed by atoms with Gasteiger partial charge in [0.1, 0.15) is 6.54 Å². The molecule has 6 heteroatoms. The van der Waals surface area contributed by atoms with Gasteiger partial charge >= 0.3 is 6.18 Å². The Balaban J connectivity index is 2.83. The van der Waals surface area contributed by atoms with E-state index in [9.17, 15) is 13.2 Å². The first-order chi connectivity index (χ1) is 5.40. The molecule has 0 unspecified atom stereocenters. The highest BCUT2D eigenvalue weighted by Gasteiger charge is 2.29. The number of hydrogen-bond donors (Lipinski definition) is 0. The van der Waals surface area contributed by atoms with E-state index in [1.807, 2.05) is 0 Å². The molecule has 0 saturated heterocycles. The third-order valence-corrected chi connectivity index (χ3v) is 1.74. The van der Waals surface area contributed by atoms with Crippen molar-refractivity contribution >= 4 is 11.6 Å². The lowest BCUT2D eigenvalue weighted by Crippen LogP contribution is -2.19. The van der Waals surface area contributed by atoms with Crippen molar-refractivity contribution < 1.29 is 13.2 Å². The Hall–Kier alpha value is -0.710. The Morgan fingerprint density at radius 1 is 1.58 bits per heavy atom. The summed E-state index contributed by atoms with van der Waals surface area (Å²) in [6.45, 7) is 0.395. The standard InChI is InChI=1S/C6H6ClF3N2/c1-4-5(7)2-11-12(4)3-6(8,9)10/h2H,3H2,1H3. The van der Waals surface area contributed by atoms with E-state index in [2.05, 4.69) is 5.10 Å². The van der Waals surface area contributed by atoms with Crippen molar-refractivity contribution in [2.75, 3.05) is 0 Å². The molecule has 1 heterocycles. The van der Waals surface area contributed by atoms with Gasteiger partial charge in [0.2, 0.25) is 0 Å². The van der Waals surface area contributed by atoms with Crippen molar-refractivity contribution in [2.45, 2.75) is 19.6 Å². The highest BCUT2D eigenvalue weighted by molar-refractivity contribution is 6.31. The van der Waals surface area contributed by atoms with E-state index in [1.165, 1.54) is 13.1 Å². The Labute approximate surface area is 71.9 Å². The summed E-state index contributed by atoms with van der Waals surface area (Å²) in [7, 11) is 0. The van der Waals surface area contributed by atoms with Crippen LogP contribution < -0.4 is 0 Å². The molecule has 2 nitrogen and oxygen atoms in total. The van der Waals surface area contributed by atoms with Gasteiger partial charge in [-0.15, -0.1) is 0 Å². The topological polar surface area (TPSA) is 17.8 Å². The normalized spacial score (nSPS) is 12.1. The van der Waals surface area contributed by atoms with Gasteiger partial charge in [0, 0.05) is 0 Å². The molecule has 0 radical (unpaired) electrons. The minimum atomic E-state index is -4.25. The molecular weight excluding hydrogens is 193 g/mol. The monoisotopic (exact) mass is 198 g/mol. The lowest BCUT2D eigenvalue weighted by molar-refractivity contribution is -0.142. The van der Waals surface area contributed by atoms with E-state index in [0.717, 1.165) is 4.68 Å². The van der Waals surface area contributed by atoms with Crippen LogP contribution >= 0.6 is 11.6 Å². The van der Waals surface area contributed by atoms with Crippen LogP contribution in [-0.2, 0) is 6.54 Å². The fraction of sp³-hybridized carbons (Fsp3) is 0.500. The first-order valence-corrected chi connectivity index (χ1v) is 3.52. The molecule has 0 amide bonds. The number of nitrogens with zero attached hydrogens (tertiary/aromatic N) is 2. The predicted octanol–water partition coefficient (Wildman–Crippen LogP) is 2.41. The maximum Gasteiger partial charge on any atom is 0.408 e. The minimum Gasteiger partial charge on any atom is -0.259 e. The number of rotatable bonds is 1. The van der Waals surface area contributed by atoms with Gasteiger partial charge < -0.3 is 0 Å². The molecule has 0 atom stereocenters. The van der Waals surface area contributed by atoms with Crippen molar-refractivity contribution in [3.8, 4) is 0 Å². The molecule has 0 aliphatic rings. The summed E-state index contributed by atoms with van der Waals surface area (Å²) in [5.74, 6) is 0. The SMILES string of the molecule is Cc1c(Cl)cnn1CC(F)(F)F. The summed E-state index contributed by atoms with van der Waals surface area (Å²) in [4.78, 5) is 0. The number of aromatic nitrogens is 2.